The number of benzene rings is 3. The largest absolute Gasteiger partial charge is 0.457 e. The number of para-hydroxylation sites is 2. The summed E-state index contributed by atoms with van der Waals surface area (Å²) in [5.74, 6) is 2.10. The van der Waals surface area contributed by atoms with Gasteiger partial charge in [0.2, 0.25) is 0 Å². The molecule has 0 saturated heterocycles. The standard InChI is InChI=1S/C24H20N4O2S/c1-2-31-24-26-23(29)21-19-13-6-7-14-20(19)25-22(28(21)27-24)16-9-8-12-18(15-16)30-17-10-4-3-5-11-17/h3-15,22H,2H2,1H3,(H,26,27,29). The lowest BCUT2D eigenvalue weighted by atomic mass is 10.1. The number of amidine groups is 1. The maximum atomic E-state index is 13.0. The summed E-state index contributed by atoms with van der Waals surface area (Å²) in [6.45, 7) is 2.02. The van der Waals surface area contributed by atoms with E-state index in [9.17, 15) is 4.79 Å². The van der Waals surface area contributed by atoms with Crippen molar-refractivity contribution in [1.29, 1.82) is 0 Å². The van der Waals surface area contributed by atoms with Gasteiger partial charge in [-0.3, -0.25) is 15.1 Å². The molecule has 7 heteroatoms. The van der Waals surface area contributed by atoms with Crippen LogP contribution in [0.5, 0.6) is 11.5 Å². The van der Waals surface area contributed by atoms with Crippen LogP contribution in [-0.2, 0) is 4.79 Å². The van der Waals surface area contributed by atoms with Gasteiger partial charge in [-0.15, -0.1) is 5.10 Å². The molecule has 3 aromatic carbocycles. The van der Waals surface area contributed by atoms with Crippen molar-refractivity contribution in [2.75, 3.05) is 5.75 Å². The Labute approximate surface area is 184 Å². The first kappa shape index (κ1) is 19.4. The van der Waals surface area contributed by atoms with E-state index in [-0.39, 0.29) is 5.91 Å². The normalized spacial score (nSPS) is 17.1. The maximum Gasteiger partial charge on any atom is 0.276 e. The monoisotopic (exact) mass is 428 g/mol. The second-order valence-electron chi connectivity index (χ2n) is 6.99. The van der Waals surface area contributed by atoms with Crippen LogP contribution in [0, 0.1) is 0 Å². The first-order chi connectivity index (χ1) is 15.2. The van der Waals surface area contributed by atoms with Crippen molar-refractivity contribution in [1.82, 2.24) is 10.3 Å². The average molecular weight is 429 g/mol. The summed E-state index contributed by atoms with van der Waals surface area (Å²) in [4.78, 5) is 17.9. The Kier molecular flexibility index (Phi) is 5.18. The molecular weight excluding hydrogens is 408 g/mol. The van der Waals surface area contributed by atoms with Crippen molar-refractivity contribution >= 4 is 28.5 Å². The number of hydrogen-bond donors (Lipinski definition) is 1. The molecule has 0 fully saturated rings. The molecule has 1 unspecified atom stereocenters. The second kappa shape index (κ2) is 8.28. The van der Waals surface area contributed by atoms with Crippen LogP contribution in [-0.4, -0.2) is 21.8 Å². The lowest BCUT2D eigenvalue weighted by Gasteiger charge is -2.34. The van der Waals surface area contributed by atoms with E-state index in [1.54, 1.807) is 5.01 Å². The van der Waals surface area contributed by atoms with E-state index >= 15 is 0 Å². The zero-order valence-corrected chi connectivity index (χ0v) is 17.7. The highest BCUT2D eigenvalue weighted by Crippen LogP contribution is 2.33. The average Bonchev–Trinajstić information content (AvgIpc) is 2.79. The molecule has 1 N–H and O–H groups in total. The molecule has 1 atom stereocenters. The summed E-state index contributed by atoms with van der Waals surface area (Å²) in [6, 6.07) is 25.0. The summed E-state index contributed by atoms with van der Waals surface area (Å²) in [5.41, 5.74) is 1.39. The molecule has 5 rings (SSSR count). The Morgan fingerprint density at radius 3 is 2.61 bits per heavy atom. The van der Waals surface area contributed by atoms with E-state index < -0.39 is 6.17 Å². The van der Waals surface area contributed by atoms with E-state index in [2.05, 4.69) is 5.32 Å². The molecule has 2 aliphatic rings. The molecule has 0 saturated carbocycles. The minimum absolute atomic E-state index is 0.171. The third-order valence-corrected chi connectivity index (χ3v) is 5.68. The van der Waals surface area contributed by atoms with Gasteiger partial charge in [0.05, 0.1) is 5.36 Å². The van der Waals surface area contributed by atoms with Crippen molar-refractivity contribution in [3.63, 3.8) is 0 Å². The topological polar surface area (TPSA) is 66.3 Å². The minimum Gasteiger partial charge on any atom is -0.457 e. The molecule has 0 radical (unpaired) electrons. The Bertz CT molecular complexity index is 1290. The summed E-state index contributed by atoms with van der Waals surface area (Å²) >= 11 is 1.49. The first-order valence-electron chi connectivity index (χ1n) is 10.0. The van der Waals surface area contributed by atoms with Crippen LogP contribution in [0.2, 0.25) is 0 Å². The number of nitrogens with one attached hydrogen (secondary N) is 1. The number of carbonyl (C=O) groups excluding carboxylic acids is 1. The fourth-order valence-corrected chi connectivity index (χ4v) is 4.19. The predicted molar refractivity (Wildman–Crippen MR) is 122 cm³/mol. The highest BCUT2D eigenvalue weighted by molar-refractivity contribution is 8.13. The number of hydrogen-bond acceptors (Lipinski definition) is 6. The van der Waals surface area contributed by atoms with Crippen LogP contribution in [0.4, 0.5) is 0 Å². The van der Waals surface area contributed by atoms with Gasteiger partial charge in [-0.05, 0) is 36.1 Å². The SMILES string of the molecule is CCSC1=NN2C(=c3ccccc3=NC2c2cccc(Oc3ccccc3)c2)C(=O)N1. The quantitative estimate of drug-likeness (QED) is 0.692. The molecule has 31 heavy (non-hydrogen) atoms. The number of ether oxygens (including phenoxy) is 1. The predicted octanol–water partition coefficient (Wildman–Crippen LogP) is 3.38. The number of nitrogens with zero attached hydrogens (tertiary/aromatic N) is 3. The number of fused-ring (bicyclic) bond motifs is 2. The van der Waals surface area contributed by atoms with Crippen LogP contribution in [0.3, 0.4) is 0 Å². The van der Waals surface area contributed by atoms with Gasteiger partial charge < -0.3 is 4.74 Å². The van der Waals surface area contributed by atoms with Crippen LogP contribution in [0.15, 0.2) is 89.0 Å². The lowest BCUT2D eigenvalue weighted by Crippen LogP contribution is -2.50. The summed E-state index contributed by atoms with van der Waals surface area (Å²) in [5, 5.41) is 11.5. The number of thioether (sulfide) groups is 1. The molecule has 2 aliphatic heterocycles. The number of hydrazone groups is 1. The molecule has 0 aromatic heterocycles. The highest BCUT2D eigenvalue weighted by Gasteiger charge is 2.34. The number of carbonyl (C=O) groups is 1. The smallest absolute Gasteiger partial charge is 0.276 e. The van der Waals surface area contributed by atoms with E-state index in [4.69, 9.17) is 14.8 Å². The molecular formula is C24H20N4O2S. The van der Waals surface area contributed by atoms with Gasteiger partial charge in [-0.25, -0.2) is 5.01 Å². The molecule has 0 spiro atoms. The second-order valence-corrected chi connectivity index (χ2v) is 8.25. The van der Waals surface area contributed by atoms with Crippen molar-refractivity contribution < 1.29 is 9.53 Å². The Balaban J connectivity index is 1.60. The Hall–Kier alpha value is -3.58. The molecule has 1 amide bonds. The van der Waals surface area contributed by atoms with Crippen molar-refractivity contribution in [3.8, 4) is 11.5 Å². The van der Waals surface area contributed by atoms with Gasteiger partial charge in [-0.1, -0.05) is 67.2 Å². The third-order valence-electron chi connectivity index (χ3n) is 4.93. The molecule has 2 heterocycles. The van der Waals surface area contributed by atoms with E-state index in [0.29, 0.717) is 16.6 Å². The highest BCUT2D eigenvalue weighted by atomic mass is 32.2. The van der Waals surface area contributed by atoms with Gasteiger partial charge in [0, 0.05) is 10.8 Å². The molecule has 0 aliphatic carbocycles. The van der Waals surface area contributed by atoms with Crippen molar-refractivity contribution in [2.24, 2.45) is 10.1 Å². The minimum atomic E-state index is -0.470. The third kappa shape index (κ3) is 3.80. The molecule has 154 valence electrons. The zero-order valence-electron chi connectivity index (χ0n) is 16.9. The fraction of sp³-hybridized carbons (Fsp3) is 0.125. The van der Waals surface area contributed by atoms with E-state index in [1.807, 2.05) is 85.8 Å². The number of rotatable bonds is 4. The summed E-state index contributed by atoms with van der Waals surface area (Å²) < 4.78 is 6.01. The Morgan fingerprint density at radius 2 is 1.77 bits per heavy atom. The van der Waals surface area contributed by atoms with Gasteiger partial charge in [0.25, 0.3) is 5.91 Å². The molecule has 3 aromatic rings. The van der Waals surface area contributed by atoms with E-state index in [0.717, 1.165) is 27.6 Å². The Morgan fingerprint density at radius 1 is 1.00 bits per heavy atom. The van der Waals surface area contributed by atoms with Crippen molar-refractivity contribution in [2.45, 2.75) is 13.1 Å². The summed E-state index contributed by atoms with van der Waals surface area (Å²) in [7, 11) is 0. The van der Waals surface area contributed by atoms with Crippen LogP contribution in [0.25, 0.3) is 5.70 Å². The summed E-state index contributed by atoms with van der Waals surface area (Å²) in [6.07, 6.45) is -0.470. The van der Waals surface area contributed by atoms with Crippen LogP contribution in [0.1, 0.15) is 18.7 Å². The molecule has 0 bridgehead atoms. The van der Waals surface area contributed by atoms with Gasteiger partial charge >= 0.3 is 0 Å². The molecule has 6 nitrogen and oxygen atoms in total. The van der Waals surface area contributed by atoms with Crippen LogP contribution >= 0.6 is 11.8 Å². The fourth-order valence-electron chi connectivity index (χ4n) is 3.61. The lowest BCUT2D eigenvalue weighted by molar-refractivity contribution is -0.116. The number of amides is 1. The van der Waals surface area contributed by atoms with Crippen molar-refractivity contribution in [3.05, 3.63) is 95.0 Å². The van der Waals surface area contributed by atoms with E-state index in [1.165, 1.54) is 11.8 Å². The van der Waals surface area contributed by atoms with Gasteiger partial charge in [0.15, 0.2) is 11.3 Å². The van der Waals surface area contributed by atoms with Gasteiger partial charge in [0.1, 0.15) is 17.2 Å². The zero-order chi connectivity index (χ0) is 21.2. The maximum absolute atomic E-state index is 13.0. The van der Waals surface area contributed by atoms with Crippen LogP contribution < -0.4 is 20.6 Å². The van der Waals surface area contributed by atoms with Gasteiger partial charge in [-0.2, -0.15) is 0 Å². The first-order valence-corrected chi connectivity index (χ1v) is 11.0.